The molecule has 0 radical (unpaired) electrons. The SMILES string of the molecule is O=C(O)/C=C/c1ccc(Br)cc1Cl. The number of benzene rings is 1. The van der Waals surface area contributed by atoms with Crippen LogP contribution in [0.15, 0.2) is 28.7 Å². The van der Waals surface area contributed by atoms with Crippen molar-refractivity contribution in [1.29, 1.82) is 0 Å². The average molecular weight is 262 g/mol. The zero-order valence-corrected chi connectivity index (χ0v) is 8.84. The number of rotatable bonds is 2. The van der Waals surface area contributed by atoms with Crippen molar-refractivity contribution in [3.63, 3.8) is 0 Å². The lowest BCUT2D eigenvalue weighted by Gasteiger charge is -1.97. The Morgan fingerprint density at radius 3 is 2.77 bits per heavy atom. The van der Waals surface area contributed by atoms with Crippen molar-refractivity contribution >= 4 is 39.6 Å². The van der Waals surface area contributed by atoms with Crippen LogP contribution in [0.3, 0.4) is 0 Å². The summed E-state index contributed by atoms with van der Waals surface area (Å²) < 4.78 is 0.866. The van der Waals surface area contributed by atoms with Crippen molar-refractivity contribution in [3.05, 3.63) is 39.3 Å². The highest BCUT2D eigenvalue weighted by atomic mass is 79.9. The Bertz CT molecular complexity index is 361. The highest BCUT2D eigenvalue weighted by Gasteiger charge is 1.97. The van der Waals surface area contributed by atoms with Crippen molar-refractivity contribution < 1.29 is 9.90 Å². The average Bonchev–Trinajstić information content (AvgIpc) is 2.02. The van der Waals surface area contributed by atoms with Crippen molar-refractivity contribution in [1.82, 2.24) is 0 Å². The molecular formula is C9H6BrClO2. The van der Waals surface area contributed by atoms with Gasteiger partial charge in [-0.15, -0.1) is 0 Å². The third-order valence-corrected chi connectivity index (χ3v) is 2.19. The Hall–Kier alpha value is -0.800. The molecule has 0 unspecified atom stereocenters. The molecular weight excluding hydrogens is 255 g/mol. The molecule has 0 heterocycles. The van der Waals surface area contributed by atoms with Gasteiger partial charge in [0.15, 0.2) is 0 Å². The minimum absolute atomic E-state index is 0.520. The molecule has 0 fully saturated rings. The summed E-state index contributed by atoms with van der Waals surface area (Å²) in [5, 5.41) is 8.90. The number of aliphatic carboxylic acids is 1. The van der Waals surface area contributed by atoms with Crippen LogP contribution in [0.1, 0.15) is 5.56 Å². The Balaban J connectivity index is 2.96. The molecule has 0 spiro atoms. The molecule has 0 aromatic heterocycles. The monoisotopic (exact) mass is 260 g/mol. The Labute approximate surface area is 89.0 Å². The highest BCUT2D eigenvalue weighted by Crippen LogP contribution is 2.22. The van der Waals surface area contributed by atoms with Gasteiger partial charge >= 0.3 is 5.97 Å². The Morgan fingerprint density at radius 2 is 2.23 bits per heavy atom. The van der Waals surface area contributed by atoms with Crippen LogP contribution in [0.4, 0.5) is 0 Å². The smallest absolute Gasteiger partial charge is 0.328 e. The van der Waals surface area contributed by atoms with E-state index >= 15 is 0 Å². The number of carboxylic acid groups (broad SMARTS) is 1. The molecule has 2 nitrogen and oxygen atoms in total. The van der Waals surface area contributed by atoms with Crippen molar-refractivity contribution in [3.8, 4) is 0 Å². The van der Waals surface area contributed by atoms with Gasteiger partial charge in [-0.25, -0.2) is 4.79 Å². The highest BCUT2D eigenvalue weighted by molar-refractivity contribution is 9.10. The van der Waals surface area contributed by atoms with Crippen molar-refractivity contribution in [2.45, 2.75) is 0 Å². The second-order valence-electron chi connectivity index (χ2n) is 2.34. The standard InChI is InChI=1S/C9H6BrClO2/c10-7-3-1-6(8(11)5-7)2-4-9(12)13/h1-5H,(H,12,13)/b4-2+. The molecule has 0 aliphatic carbocycles. The maximum atomic E-state index is 10.2. The van der Waals surface area contributed by atoms with Crippen LogP contribution in [0.2, 0.25) is 5.02 Å². The minimum atomic E-state index is -0.987. The van der Waals surface area contributed by atoms with E-state index in [0.29, 0.717) is 10.6 Å². The number of hydrogen-bond donors (Lipinski definition) is 1. The normalized spacial score (nSPS) is 10.6. The predicted molar refractivity (Wildman–Crippen MR) is 55.8 cm³/mol. The molecule has 1 aromatic carbocycles. The van der Waals surface area contributed by atoms with Gasteiger partial charge in [-0.3, -0.25) is 0 Å². The molecule has 1 rings (SSSR count). The van der Waals surface area contributed by atoms with E-state index in [2.05, 4.69) is 15.9 Å². The molecule has 68 valence electrons. The molecule has 4 heteroatoms. The van der Waals surface area contributed by atoms with Crippen LogP contribution in [0.25, 0.3) is 6.08 Å². The fourth-order valence-electron chi connectivity index (χ4n) is 0.798. The zero-order valence-electron chi connectivity index (χ0n) is 6.50. The van der Waals surface area contributed by atoms with E-state index in [9.17, 15) is 4.79 Å². The fourth-order valence-corrected chi connectivity index (χ4v) is 1.53. The quantitative estimate of drug-likeness (QED) is 0.830. The molecule has 0 saturated heterocycles. The van der Waals surface area contributed by atoms with Gasteiger partial charge in [0.05, 0.1) is 0 Å². The summed E-state index contributed by atoms with van der Waals surface area (Å²) in [5.41, 5.74) is 0.687. The molecule has 1 N–H and O–H groups in total. The topological polar surface area (TPSA) is 37.3 Å². The Morgan fingerprint density at radius 1 is 1.54 bits per heavy atom. The van der Waals surface area contributed by atoms with Gasteiger partial charge in [0.25, 0.3) is 0 Å². The van der Waals surface area contributed by atoms with Crippen molar-refractivity contribution in [2.24, 2.45) is 0 Å². The number of halogens is 2. The lowest BCUT2D eigenvalue weighted by molar-refractivity contribution is -0.131. The fraction of sp³-hybridized carbons (Fsp3) is 0. The van der Waals surface area contributed by atoms with Gasteiger partial charge in [0.2, 0.25) is 0 Å². The lowest BCUT2D eigenvalue weighted by Crippen LogP contribution is -1.85. The maximum Gasteiger partial charge on any atom is 0.328 e. The summed E-state index contributed by atoms with van der Waals surface area (Å²) in [5.74, 6) is -0.987. The molecule has 0 bridgehead atoms. The van der Waals surface area contributed by atoms with Gasteiger partial charge in [-0.2, -0.15) is 0 Å². The summed E-state index contributed by atoms with van der Waals surface area (Å²) in [6, 6.07) is 5.25. The third kappa shape index (κ3) is 3.20. The van der Waals surface area contributed by atoms with Gasteiger partial charge in [-0.05, 0) is 23.8 Å². The number of carbonyl (C=O) groups is 1. The summed E-state index contributed by atoms with van der Waals surface area (Å²) in [4.78, 5) is 10.2. The van der Waals surface area contributed by atoms with Gasteiger partial charge in [0, 0.05) is 15.6 Å². The molecule has 0 aliphatic rings. The van der Waals surface area contributed by atoms with Crippen LogP contribution in [-0.4, -0.2) is 11.1 Å². The zero-order chi connectivity index (χ0) is 9.84. The largest absolute Gasteiger partial charge is 0.478 e. The van der Waals surface area contributed by atoms with Crippen LogP contribution < -0.4 is 0 Å². The summed E-state index contributed by atoms with van der Waals surface area (Å²) in [6.07, 6.45) is 2.51. The summed E-state index contributed by atoms with van der Waals surface area (Å²) in [6.45, 7) is 0. The predicted octanol–water partition coefficient (Wildman–Crippen LogP) is 3.20. The third-order valence-electron chi connectivity index (χ3n) is 1.37. The van der Waals surface area contributed by atoms with E-state index in [1.807, 2.05) is 0 Å². The Kier molecular flexibility index (Phi) is 3.51. The second kappa shape index (κ2) is 4.44. The first-order chi connectivity index (χ1) is 6.09. The molecule has 0 atom stereocenters. The van der Waals surface area contributed by atoms with E-state index in [-0.39, 0.29) is 0 Å². The first-order valence-electron chi connectivity index (χ1n) is 3.45. The second-order valence-corrected chi connectivity index (χ2v) is 3.66. The molecule has 13 heavy (non-hydrogen) atoms. The minimum Gasteiger partial charge on any atom is -0.478 e. The summed E-state index contributed by atoms with van der Waals surface area (Å²) in [7, 11) is 0. The van der Waals surface area contributed by atoms with Crippen LogP contribution in [-0.2, 0) is 4.79 Å². The van der Waals surface area contributed by atoms with E-state index in [1.165, 1.54) is 6.08 Å². The van der Waals surface area contributed by atoms with Crippen LogP contribution in [0.5, 0.6) is 0 Å². The van der Waals surface area contributed by atoms with E-state index in [1.54, 1.807) is 18.2 Å². The van der Waals surface area contributed by atoms with Gasteiger partial charge < -0.3 is 5.11 Å². The van der Waals surface area contributed by atoms with E-state index in [4.69, 9.17) is 16.7 Å². The summed E-state index contributed by atoms with van der Waals surface area (Å²) >= 11 is 9.09. The van der Waals surface area contributed by atoms with Crippen LogP contribution >= 0.6 is 27.5 Å². The number of carboxylic acids is 1. The van der Waals surface area contributed by atoms with E-state index in [0.717, 1.165) is 10.5 Å². The van der Waals surface area contributed by atoms with E-state index < -0.39 is 5.97 Å². The molecule has 0 aliphatic heterocycles. The molecule has 0 saturated carbocycles. The first kappa shape index (κ1) is 10.3. The number of hydrogen-bond acceptors (Lipinski definition) is 1. The first-order valence-corrected chi connectivity index (χ1v) is 4.63. The van der Waals surface area contributed by atoms with Crippen LogP contribution in [0, 0.1) is 0 Å². The molecule has 0 amide bonds. The van der Waals surface area contributed by atoms with Crippen molar-refractivity contribution in [2.75, 3.05) is 0 Å². The van der Waals surface area contributed by atoms with Gasteiger partial charge in [-0.1, -0.05) is 33.6 Å². The molecule has 1 aromatic rings. The maximum absolute atomic E-state index is 10.2. The lowest BCUT2D eigenvalue weighted by atomic mass is 10.2. The van der Waals surface area contributed by atoms with Gasteiger partial charge in [0.1, 0.15) is 0 Å².